The molecule has 0 fully saturated rings. The van der Waals surface area contributed by atoms with Crippen LogP contribution in [0.5, 0.6) is 0 Å². The largest absolute Gasteiger partial charge is 0.423 e. The molecule has 24 heavy (non-hydrogen) atoms. The second kappa shape index (κ2) is 7.43. The van der Waals surface area contributed by atoms with Gasteiger partial charge < -0.3 is 14.8 Å². The van der Waals surface area contributed by atoms with Gasteiger partial charge in [-0.2, -0.15) is 0 Å². The van der Waals surface area contributed by atoms with Crippen molar-refractivity contribution in [2.24, 2.45) is 0 Å². The molecule has 4 nitrogen and oxygen atoms in total. The van der Waals surface area contributed by atoms with Crippen LogP contribution in [0.1, 0.15) is 29.7 Å². The number of hydrogen-bond donors (Lipinski definition) is 2. The zero-order valence-corrected chi connectivity index (χ0v) is 13.7. The van der Waals surface area contributed by atoms with Crippen molar-refractivity contribution < 1.29 is 14.8 Å². The first-order chi connectivity index (χ1) is 11.7. The Hall–Kier alpha value is -2.43. The van der Waals surface area contributed by atoms with Crippen LogP contribution in [0.15, 0.2) is 63.8 Å². The van der Waals surface area contributed by atoms with Gasteiger partial charge in [-0.15, -0.1) is 0 Å². The first kappa shape index (κ1) is 16.4. The predicted octanol–water partition coefficient (Wildman–Crippen LogP) is 2.15. The average Bonchev–Trinajstić information content (AvgIpc) is 2.61. The van der Waals surface area contributed by atoms with Gasteiger partial charge in [0.2, 0.25) is 0 Å². The van der Waals surface area contributed by atoms with E-state index in [9.17, 15) is 9.90 Å². The normalized spacial score (nSPS) is 12.4. The molecule has 0 unspecified atom stereocenters. The third-order valence-corrected chi connectivity index (χ3v) is 4.24. The lowest BCUT2D eigenvalue weighted by Gasteiger charge is -2.10. The van der Waals surface area contributed by atoms with Crippen LogP contribution in [0.25, 0.3) is 11.0 Å². The van der Waals surface area contributed by atoms with Crippen molar-refractivity contribution in [3.8, 4) is 0 Å². The minimum atomic E-state index is -0.524. The standard InChI is InChI=1S/C20H21NO3/c1-2-14-8-9-17-16(11-20(23)24-19(17)10-14)12-21-13-18(22)15-6-4-3-5-7-15/h3-11,18,21-22H,2,12-13H2,1H3/p+1/t18-/m1/s1. The van der Waals surface area contributed by atoms with E-state index in [0.717, 1.165) is 28.5 Å². The summed E-state index contributed by atoms with van der Waals surface area (Å²) in [6, 6.07) is 17.1. The highest BCUT2D eigenvalue weighted by atomic mass is 16.4. The Labute approximate surface area is 140 Å². The molecule has 4 heteroatoms. The molecule has 0 aliphatic carbocycles. The van der Waals surface area contributed by atoms with E-state index in [1.54, 1.807) is 6.07 Å². The van der Waals surface area contributed by atoms with Crippen LogP contribution in [0.2, 0.25) is 0 Å². The molecule has 0 aliphatic heterocycles. The summed E-state index contributed by atoms with van der Waals surface area (Å²) in [6.45, 7) is 3.23. The van der Waals surface area contributed by atoms with E-state index >= 15 is 0 Å². The van der Waals surface area contributed by atoms with E-state index in [1.807, 2.05) is 47.8 Å². The summed E-state index contributed by atoms with van der Waals surface area (Å²) in [6.07, 6.45) is 0.378. The molecule has 3 rings (SSSR count). The van der Waals surface area contributed by atoms with Gasteiger partial charge >= 0.3 is 5.63 Å². The van der Waals surface area contributed by atoms with E-state index in [1.165, 1.54) is 0 Å². The van der Waals surface area contributed by atoms with E-state index in [2.05, 4.69) is 13.0 Å². The van der Waals surface area contributed by atoms with Crippen LogP contribution >= 0.6 is 0 Å². The number of hydrogen-bond acceptors (Lipinski definition) is 3. The Morgan fingerprint density at radius 3 is 2.67 bits per heavy atom. The zero-order valence-electron chi connectivity index (χ0n) is 13.7. The van der Waals surface area contributed by atoms with Crippen molar-refractivity contribution in [1.82, 2.24) is 0 Å². The van der Waals surface area contributed by atoms with E-state index in [0.29, 0.717) is 18.7 Å². The molecule has 1 heterocycles. The molecular formula is C20H22NO3+. The monoisotopic (exact) mass is 324 g/mol. The maximum absolute atomic E-state index is 11.8. The second-order valence-electron chi connectivity index (χ2n) is 5.93. The van der Waals surface area contributed by atoms with Crippen molar-refractivity contribution in [2.45, 2.75) is 26.0 Å². The molecule has 0 bridgehead atoms. The van der Waals surface area contributed by atoms with Gasteiger partial charge in [-0.05, 0) is 23.6 Å². The Morgan fingerprint density at radius 1 is 1.12 bits per heavy atom. The Bertz CT molecular complexity index is 871. The first-order valence-corrected chi connectivity index (χ1v) is 8.27. The van der Waals surface area contributed by atoms with Crippen molar-refractivity contribution >= 4 is 11.0 Å². The van der Waals surface area contributed by atoms with Crippen molar-refractivity contribution in [1.29, 1.82) is 0 Å². The molecule has 0 amide bonds. The van der Waals surface area contributed by atoms with Gasteiger partial charge in [-0.1, -0.05) is 49.4 Å². The molecular weight excluding hydrogens is 302 g/mol. The highest BCUT2D eigenvalue weighted by Crippen LogP contribution is 2.18. The first-order valence-electron chi connectivity index (χ1n) is 8.27. The summed E-state index contributed by atoms with van der Waals surface area (Å²) in [5.41, 5.74) is 3.28. The summed E-state index contributed by atoms with van der Waals surface area (Å²) < 4.78 is 5.32. The topological polar surface area (TPSA) is 67.1 Å². The molecule has 124 valence electrons. The number of aliphatic hydroxyl groups excluding tert-OH is 1. The Morgan fingerprint density at radius 2 is 1.92 bits per heavy atom. The third-order valence-electron chi connectivity index (χ3n) is 4.24. The SMILES string of the molecule is CCc1ccc2c(C[NH2+]C[C@@H](O)c3ccccc3)cc(=O)oc2c1. The van der Waals surface area contributed by atoms with Gasteiger partial charge in [0.25, 0.3) is 0 Å². The van der Waals surface area contributed by atoms with Crippen LogP contribution in [-0.2, 0) is 13.0 Å². The number of benzene rings is 2. The van der Waals surface area contributed by atoms with Crippen molar-refractivity contribution in [3.05, 3.63) is 81.7 Å². The molecule has 0 aliphatic rings. The van der Waals surface area contributed by atoms with Crippen molar-refractivity contribution in [3.63, 3.8) is 0 Å². The van der Waals surface area contributed by atoms with Crippen LogP contribution in [0, 0.1) is 0 Å². The van der Waals surface area contributed by atoms with Gasteiger partial charge in [0.15, 0.2) is 0 Å². The summed E-state index contributed by atoms with van der Waals surface area (Å²) in [5.74, 6) is 0. The summed E-state index contributed by atoms with van der Waals surface area (Å²) in [4.78, 5) is 11.8. The number of fused-ring (bicyclic) bond motifs is 1. The number of quaternary nitrogens is 1. The van der Waals surface area contributed by atoms with Gasteiger partial charge in [-0.25, -0.2) is 4.79 Å². The molecule has 0 saturated heterocycles. The lowest BCUT2D eigenvalue weighted by atomic mass is 10.1. The smallest absolute Gasteiger partial charge is 0.336 e. The molecule has 0 saturated carbocycles. The van der Waals surface area contributed by atoms with E-state index < -0.39 is 6.10 Å². The summed E-state index contributed by atoms with van der Waals surface area (Å²) >= 11 is 0. The average molecular weight is 324 g/mol. The van der Waals surface area contributed by atoms with E-state index in [4.69, 9.17) is 4.42 Å². The van der Waals surface area contributed by atoms with Crippen molar-refractivity contribution in [2.75, 3.05) is 6.54 Å². The van der Waals surface area contributed by atoms with Gasteiger partial charge in [-0.3, -0.25) is 0 Å². The Balaban J connectivity index is 1.74. The van der Waals surface area contributed by atoms with Gasteiger partial charge in [0, 0.05) is 17.0 Å². The van der Waals surface area contributed by atoms with Gasteiger partial charge in [0.05, 0.1) is 0 Å². The number of aryl methyl sites for hydroxylation is 1. The minimum absolute atomic E-state index is 0.331. The number of nitrogens with two attached hydrogens (primary N) is 1. The third kappa shape index (κ3) is 3.72. The fourth-order valence-corrected chi connectivity index (χ4v) is 2.87. The summed E-state index contributed by atoms with van der Waals surface area (Å²) in [5, 5.41) is 13.2. The highest BCUT2D eigenvalue weighted by Gasteiger charge is 2.11. The molecule has 1 atom stereocenters. The molecule has 2 aromatic carbocycles. The zero-order chi connectivity index (χ0) is 16.9. The van der Waals surface area contributed by atoms with Gasteiger partial charge in [0.1, 0.15) is 24.8 Å². The molecule has 3 N–H and O–H groups in total. The molecule has 0 radical (unpaired) electrons. The predicted molar refractivity (Wildman–Crippen MR) is 93.8 cm³/mol. The second-order valence-corrected chi connectivity index (χ2v) is 5.93. The molecule has 0 spiro atoms. The van der Waals surface area contributed by atoms with Crippen LogP contribution in [-0.4, -0.2) is 11.7 Å². The van der Waals surface area contributed by atoms with Crippen LogP contribution in [0.3, 0.4) is 0 Å². The number of aliphatic hydroxyl groups is 1. The maximum atomic E-state index is 11.8. The minimum Gasteiger partial charge on any atom is -0.423 e. The number of rotatable bonds is 6. The van der Waals surface area contributed by atoms with Crippen LogP contribution < -0.4 is 10.9 Å². The Kier molecular flexibility index (Phi) is 5.08. The highest BCUT2D eigenvalue weighted by molar-refractivity contribution is 5.80. The summed E-state index contributed by atoms with van der Waals surface area (Å²) in [7, 11) is 0. The molecule has 1 aromatic heterocycles. The quantitative estimate of drug-likeness (QED) is 0.683. The fraction of sp³-hybridized carbons (Fsp3) is 0.250. The fourth-order valence-electron chi connectivity index (χ4n) is 2.87. The lowest BCUT2D eigenvalue weighted by molar-refractivity contribution is -0.677. The van der Waals surface area contributed by atoms with E-state index in [-0.39, 0.29) is 5.63 Å². The maximum Gasteiger partial charge on any atom is 0.336 e. The molecule has 3 aromatic rings. The lowest BCUT2D eigenvalue weighted by Crippen LogP contribution is -2.83. The van der Waals surface area contributed by atoms with Crippen LogP contribution in [0.4, 0.5) is 0 Å².